The lowest BCUT2D eigenvalue weighted by Gasteiger charge is -2.38. The van der Waals surface area contributed by atoms with Crippen LogP contribution >= 0.6 is 0 Å². The summed E-state index contributed by atoms with van der Waals surface area (Å²) in [5.74, 6) is 1.43. The fraction of sp³-hybridized carbons (Fsp3) is 0.923. The standard InChI is InChI=1S/C13H23N3/c1-11-3-2-4-12(9-11)13(10-14)16-7-5-15-6-8-16/h11-13,15H,2-9H2,1H3. The van der Waals surface area contributed by atoms with Gasteiger partial charge in [-0.3, -0.25) is 4.90 Å². The SMILES string of the molecule is CC1CCCC(C(C#N)N2CCNCC2)C1. The Labute approximate surface area is 98.8 Å². The van der Waals surface area contributed by atoms with Crippen LogP contribution in [-0.2, 0) is 0 Å². The highest BCUT2D eigenvalue weighted by atomic mass is 15.2. The number of hydrogen-bond donors (Lipinski definition) is 1. The zero-order valence-corrected chi connectivity index (χ0v) is 10.3. The lowest BCUT2D eigenvalue weighted by Crippen LogP contribution is -2.50. The van der Waals surface area contributed by atoms with Crippen LogP contribution in [0.25, 0.3) is 0 Å². The number of nitrogens with one attached hydrogen (secondary N) is 1. The summed E-state index contributed by atoms with van der Waals surface area (Å²) in [7, 11) is 0. The molecule has 2 rings (SSSR count). The van der Waals surface area contributed by atoms with E-state index in [1.54, 1.807) is 0 Å². The van der Waals surface area contributed by atoms with E-state index < -0.39 is 0 Å². The minimum atomic E-state index is 0.171. The summed E-state index contributed by atoms with van der Waals surface area (Å²) < 4.78 is 0. The lowest BCUT2D eigenvalue weighted by molar-refractivity contribution is 0.124. The Morgan fingerprint density at radius 3 is 2.69 bits per heavy atom. The maximum Gasteiger partial charge on any atom is 0.101 e. The fourth-order valence-electron chi connectivity index (χ4n) is 3.21. The van der Waals surface area contributed by atoms with Gasteiger partial charge in [0.1, 0.15) is 6.04 Å². The minimum Gasteiger partial charge on any atom is -0.314 e. The molecule has 0 aromatic heterocycles. The average Bonchev–Trinajstić information content (AvgIpc) is 2.31. The van der Waals surface area contributed by atoms with Crippen LogP contribution in [0.5, 0.6) is 0 Å². The van der Waals surface area contributed by atoms with Gasteiger partial charge in [0, 0.05) is 26.2 Å². The largest absolute Gasteiger partial charge is 0.314 e. The molecule has 1 saturated carbocycles. The van der Waals surface area contributed by atoms with Crippen LogP contribution in [0, 0.1) is 23.2 Å². The normalized spacial score (nSPS) is 34.2. The first kappa shape index (κ1) is 11.9. The van der Waals surface area contributed by atoms with Crippen molar-refractivity contribution in [3.63, 3.8) is 0 Å². The maximum atomic E-state index is 9.40. The number of nitriles is 1. The van der Waals surface area contributed by atoms with Gasteiger partial charge in [-0.2, -0.15) is 5.26 Å². The molecule has 2 aliphatic rings. The molecule has 0 spiro atoms. The van der Waals surface area contributed by atoms with Crippen molar-refractivity contribution in [2.24, 2.45) is 11.8 Å². The van der Waals surface area contributed by atoms with Crippen molar-refractivity contribution < 1.29 is 0 Å². The molecule has 1 saturated heterocycles. The van der Waals surface area contributed by atoms with Crippen molar-refractivity contribution >= 4 is 0 Å². The molecule has 0 aromatic rings. The first-order valence-electron chi connectivity index (χ1n) is 6.65. The highest BCUT2D eigenvalue weighted by molar-refractivity contribution is 4.99. The molecular weight excluding hydrogens is 198 g/mol. The van der Waals surface area contributed by atoms with Crippen molar-refractivity contribution in [1.82, 2.24) is 10.2 Å². The third kappa shape index (κ3) is 2.75. The Kier molecular flexibility index (Phi) is 4.20. The van der Waals surface area contributed by atoms with E-state index in [1.165, 1.54) is 25.7 Å². The summed E-state index contributed by atoms with van der Waals surface area (Å²) in [6, 6.07) is 2.73. The quantitative estimate of drug-likeness (QED) is 0.770. The molecule has 1 heterocycles. The molecule has 3 atom stereocenters. The molecular formula is C13H23N3. The topological polar surface area (TPSA) is 39.1 Å². The monoisotopic (exact) mass is 221 g/mol. The summed E-state index contributed by atoms with van der Waals surface area (Å²) in [5.41, 5.74) is 0. The van der Waals surface area contributed by atoms with Gasteiger partial charge in [0.2, 0.25) is 0 Å². The summed E-state index contributed by atoms with van der Waals surface area (Å²) in [6.07, 6.45) is 5.18. The van der Waals surface area contributed by atoms with Crippen LogP contribution in [-0.4, -0.2) is 37.1 Å². The van der Waals surface area contributed by atoms with Gasteiger partial charge in [0.15, 0.2) is 0 Å². The van der Waals surface area contributed by atoms with E-state index in [1.807, 2.05) is 0 Å². The van der Waals surface area contributed by atoms with Gasteiger partial charge < -0.3 is 5.32 Å². The van der Waals surface area contributed by atoms with Crippen molar-refractivity contribution in [1.29, 1.82) is 5.26 Å². The van der Waals surface area contributed by atoms with Gasteiger partial charge >= 0.3 is 0 Å². The summed E-state index contributed by atoms with van der Waals surface area (Å²) in [5, 5.41) is 12.8. The zero-order chi connectivity index (χ0) is 11.4. The molecule has 0 radical (unpaired) electrons. The molecule has 1 aliphatic heterocycles. The van der Waals surface area contributed by atoms with Crippen molar-refractivity contribution in [3.8, 4) is 6.07 Å². The third-order valence-electron chi connectivity index (χ3n) is 4.10. The van der Waals surface area contributed by atoms with E-state index in [0.717, 1.165) is 32.1 Å². The Hall–Kier alpha value is -0.590. The van der Waals surface area contributed by atoms with E-state index in [9.17, 15) is 5.26 Å². The first-order chi connectivity index (χ1) is 7.81. The summed E-state index contributed by atoms with van der Waals surface area (Å²) >= 11 is 0. The van der Waals surface area contributed by atoms with Crippen LogP contribution in [0.1, 0.15) is 32.6 Å². The highest BCUT2D eigenvalue weighted by Gasteiger charge is 2.31. The van der Waals surface area contributed by atoms with Crippen LogP contribution in [0.2, 0.25) is 0 Å². The Morgan fingerprint density at radius 1 is 1.31 bits per heavy atom. The summed E-state index contributed by atoms with van der Waals surface area (Å²) in [4.78, 5) is 2.39. The molecule has 0 aromatic carbocycles. The van der Waals surface area contributed by atoms with E-state index in [4.69, 9.17) is 0 Å². The molecule has 0 amide bonds. The molecule has 3 unspecified atom stereocenters. The Morgan fingerprint density at radius 2 is 2.06 bits per heavy atom. The Bertz CT molecular complexity index is 252. The maximum absolute atomic E-state index is 9.40. The molecule has 3 heteroatoms. The number of nitrogens with zero attached hydrogens (tertiary/aromatic N) is 2. The zero-order valence-electron chi connectivity index (χ0n) is 10.3. The predicted octanol–water partition coefficient (Wildman–Crippen LogP) is 1.61. The lowest BCUT2D eigenvalue weighted by atomic mass is 9.78. The van der Waals surface area contributed by atoms with Gasteiger partial charge in [-0.15, -0.1) is 0 Å². The van der Waals surface area contributed by atoms with Crippen LogP contribution in [0.15, 0.2) is 0 Å². The molecule has 2 fully saturated rings. The average molecular weight is 221 g/mol. The molecule has 0 bridgehead atoms. The van der Waals surface area contributed by atoms with Gasteiger partial charge in [0.25, 0.3) is 0 Å². The predicted molar refractivity (Wildman–Crippen MR) is 65.0 cm³/mol. The van der Waals surface area contributed by atoms with Crippen molar-refractivity contribution in [2.75, 3.05) is 26.2 Å². The second-order valence-electron chi connectivity index (χ2n) is 5.39. The minimum absolute atomic E-state index is 0.171. The Balaban J connectivity index is 1.95. The van der Waals surface area contributed by atoms with Gasteiger partial charge in [-0.25, -0.2) is 0 Å². The van der Waals surface area contributed by atoms with Gasteiger partial charge in [-0.05, 0) is 24.7 Å². The van der Waals surface area contributed by atoms with E-state index >= 15 is 0 Å². The molecule has 16 heavy (non-hydrogen) atoms. The number of rotatable bonds is 2. The second kappa shape index (κ2) is 5.65. The van der Waals surface area contributed by atoms with Crippen molar-refractivity contribution in [3.05, 3.63) is 0 Å². The second-order valence-corrected chi connectivity index (χ2v) is 5.39. The molecule has 3 nitrogen and oxygen atoms in total. The smallest absolute Gasteiger partial charge is 0.101 e. The van der Waals surface area contributed by atoms with E-state index in [2.05, 4.69) is 23.2 Å². The number of piperazine rings is 1. The summed E-state index contributed by atoms with van der Waals surface area (Å²) in [6.45, 7) is 6.51. The molecule has 90 valence electrons. The van der Waals surface area contributed by atoms with E-state index in [-0.39, 0.29) is 6.04 Å². The fourth-order valence-corrected chi connectivity index (χ4v) is 3.21. The van der Waals surface area contributed by atoms with Crippen LogP contribution < -0.4 is 5.32 Å². The molecule has 1 aliphatic carbocycles. The highest BCUT2D eigenvalue weighted by Crippen LogP contribution is 2.32. The van der Waals surface area contributed by atoms with Crippen molar-refractivity contribution in [2.45, 2.75) is 38.6 Å². The third-order valence-corrected chi connectivity index (χ3v) is 4.10. The van der Waals surface area contributed by atoms with Crippen LogP contribution in [0.3, 0.4) is 0 Å². The van der Waals surface area contributed by atoms with Gasteiger partial charge in [0.05, 0.1) is 6.07 Å². The first-order valence-corrected chi connectivity index (χ1v) is 6.65. The van der Waals surface area contributed by atoms with Gasteiger partial charge in [-0.1, -0.05) is 19.8 Å². The van der Waals surface area contributed by atoms with E-state index in [0.29, 0.717) is 5.92 Å². The molecule has 1 N–H and O–H groups in total. The van der Waals surface area contributed by atoms with Crippen LogP contribution in [0.4, 0.5) is 0 Å². The number of hydrogen-bond acceptors (Lipinski definition) is 3.